The minimum atomic E-state index is -0.159. The van der Waals surface area contributed by atoms with Gasteiger partial charge in [-0.25, -0.2) is 0 Å². The Morgan fingerprint density at radius 1 is 1.53 bits per heavy atom. The number of nitrogens with zero attached hydrogens (tertiary/aromatic N) is 3. The fourth-order valence-electron chi connectivity index (χ4n) is 1.98. The highest BCUT2D eigenvalue weighted by Crippen LogP contribution is 2.06. The number of anilines is 1. The van der Waals surface area contributed by atoms with E-state index in [1.807, 2.05) is 11.9 Å². The number of hydrogen-bond acceptors (Lipinski definition) is 7. The van der Waals surface area contributed by atoms with Gasteiger partial charge in [0.1, 0.15) is 0 Å². The Balaban J connectivity index is 1.78. The molecule has 1 saturated heterocycles. The smallest absolute Gasteiger partial charge is 0.322 e. The van der Waals surface area contributed by atoms with E-state index in [0.29, 0.717) is 19.0 Å². The Labute approximate surface area is 111 Å². The molecule has 8 nitrogen and oxygen atoms in total. The molecule has 19 heavy (non-hydrogen) atoms. The topological polar surface area (TPSA) is 92.5 Å². The van der Waals surface area contributed by atoms with Gasteiger partial charge in [0, 0.05) is 26.6 Å². The van der Waals surface area contributed by atoms with Crippen molar-refractivity contribution in [1.29, 1.82) is 0 Å². The number of likely N-dealkylation sites (N-methyl/N-ethyl adjacent to an activating group) is 1. The fourth-order valence-corrected chi connectivity index (χ4v) is 1.98. The van der Waals surface area contributed by atoms with Gasteiger partial charge in [0.05, 0.1) is 19.3 Å². The Hall–Kier alpha value is -1.51. The van der Waals surface area contributed by atoms with Crippen LogP contribution in [0.4, 0.5) is 6.01 Å². The second-order valence-electron chi connectivity index (χ2n) is 4.46. The van der Waals surface area contributed by atoms with Crippen LogP contribution >= 0.6 is 0 Å². The van der Waals surface area contributed by atoms with Crippen LogP contribution in [0.3, 0.4) is 0 Å². The van der Waals surface area contributed by atoms with E-state index in [2.05, 4.69) is 20.8 Å². The number of carbonyl (C=O) groups is 1. The van der Waals surface area contributed by atoms with Crippen molar-refractivity contribution in [3.63, 3.8) is 0 Å². The molecule has 0 saturated carbocycles. The number of amides is 1. The van der Waals surface area contributed by atoms with Crippen molar-refractivity contribution in [1.82, 2.24) is 20.4 Å². The molecule has 0 radical (unpaired) electrons. The summed E-state index contributed by atoms with van der Waals surface area (Å²) in [6.45, 7) is 4.87. The number of hydrogen-bond donors (Lipinski definition) is 2. The third-order valence-electron chi connectivity index (χ3n) is 2.79. The molecule has 1 aromatic heterocycles. The number of ether oxygens (including phenoxy) is 1. The summed E-state index contributed by atoms with van der Waals surface area (Å²) in [5, 5.41) is 13.0. The Morgan fingerprint density at radius 3 is 3.05 bits per heavy atom. The monoisotopic (exact) mass is 269 g/mol. The van der Waals surface area contributed by atoms with Gasteiger partial charge in [0.15, 0.2) is 0 Å². The maximum absolute atomic E-state index is 11.8. The number of morpholine rings is 1. The minimum Gasteiger partial charge on any atom is -0.408 e. The molecule has 2 rings (SSSR count). The number of aryl methyl sites for hydroxylation is 1. The summed E-state index contributed by atoms with van der Waals surface area (Å²) in [6, 6.07) is 0.141. The van der Waals surface area contributed by atoms with E-state index in [1.165, 1.54) is 0 Å². The first-order valence-corrected chi connectivity index (χ1v) is 6.26. The summed E-state index contributed by atoms with van der Waals surface area (Å²) < 4.78 is 10.7. The van der Waals surface area contributed by atoms with Gasteiger partial charge in [-0.3, -0.25) is 15.0 Å². The molecule has 8 heteroatoms. The quantitative estimate of drug-likeness (QED) is 0.725. The lowest BCUT2D eigenvalue weighted by molar-refractivity contribution is -0.119. The Kier molecular flexibility index (Phi) is 4.83. The SMILES string of the molecule is CNCC1CN(CC(=O)Nc2nnc(C)o2)CCO1. The zero-order valence-corrected chi connectivity index (χ0v) is 11.2. The maximum atomic E-state index is 11.8. The fraction of sp³-hybridized carbons (Fsp3) is 0.727. The van der Waals surface area contributed by atoms with E-state index >= 15 is 0 Å². The molecule has 0 aromatic carbocycles. The van der Waals surface area contributed by atoms with Crippen LogP contribution in [0.15, 0.2) is 4.42 Å². The predicted octanol–water partition coefficient (Wildman–Crippen LogP) is -0.763. The number of aromatic nitrogens is 2. The summed E-state index contributed by atoms with van der Waals surface area (Å²) in [5.41, 5.74) is 0. The van der Waals surface area contributed by atoms with Gasteiger partial charge in [-0.1, -0.05) is 5.10 Å². The van der Waals surface area contributed by atoms with Crippen molar-refractivity contribution in [3.8, 4) is 0 Å². The maximum Gasteiger partial charge on any atom is 0.322 e. The summed E-state index contributed by atoms with van der Waals surface area (Å²) >= 11 is 0. The Bertz CT molecular complexity index is 420. The van der Waals surface area contributed by atoms with E-state index < -0.39 is 0 Å². The summed E-state index contributed by atoms with van der Waals surface area (Å²) in [6.07, 6.45) is 0.122. The van der Waals surface area contributed by atoms with E-state index in [0.717, 1.165) is 19.6 Å². The first-order valence-electron chi connectivity index (χ1n) is 6.26. The van der Waals surface area contributed by atoms with Crippen LogP contribution in [0.1, 0.15) is 5.89 Å². The Morgan fingerprint density at radius 2 is 2.37 bits per heavy atom. The molecule has 0 aliphatic carbocycles. The molecule has 1 unspecified atom stereocenters. The standard InChI is InChI=1S/C11H19N5O3/c1-8-14-15-11(19-8)13-10(17)7-16-3-4-18-9(6-16)5-12-2/h9,12H,3-7H2,1-2H3,(H,13,15,17). The first kappa shape index (κ1) is 13.9. The van der Waals surface area contributed by atoms with E-state index in [-0.39, 0.29) is 18.0 Å². The number of nitrogens with one attached hydrogen (secondary N) is 2. The average molecular weight is 269 g/mol. The molecule has 2 heterocycles. The van der Waals surface area contributed by atoms with Crippen molar-refractivity contribution in [2.75, 3.05) is 45.2 Å². The van der Waals surface area contributed by atoms with Crippen molar-refractivity contribution in [2.45, 2.75) is 13.0 Å². The van der Waals surface area contributed by atoms with Crippen LogP contribution < -0.4 is 10.6 Å². The molecule has 1 fully saturated rings. The average Bonchev–Trinajstić information content (AvgIpc) is 2.75. The number of carbonyl (C=O) groups excluding carboxylic acids is 1. The lowest BCUT2D eigenvalue weighted by Crippen LogP contribution is -2.48. The van der Waals surface area contributed by atoms with Crippen LogP contribution in [0.2, 0.25) is 0 Å². The normalized spacial score (nSPS) is 20.4. The molecule has 0 spiro atoms. The third kappa shape index (κ3) is 4.27. The summed E-state index contributed by atoms with van der Waals surface area (Å²) in [4.78, 5) is 13.9. The molecular formula is C11H19N5O3. The van der Waals surface area contributed by atoms with Gasteiger partial charge in [0.2, 0.25) is 11.8 Å². The zero-order valence-electron chi connectivity index (χ0n) is 11.2. The highest BCUT2D eigenvalue weighted by Gasteiger charge is 2.22. The summed E-state index contributed by atoms with van der Waals surface area (Å²) in [7, 11) is 1.88. The predicted molar refractivity (Wildman–Crippen MR) is 67.8 cm³/mol. The van der Waals surface area contributed by atoms with Crippen LogP contribution in [-0.4, -0.2) is 66.9 Å². The largest absolute Gasteiger partial charge is 0.408 e. The lowest BCUT2D eigenvalue weighted by atomic mass is 10.2. The van der Waals surface area contributed by atoms with Crippen molar-refractivity contribution < 1.29 is 13.9 Å². The molecule has 106 valence electrons. The number of rotatable bonds is 5. The van der Waals surface area contributed by atoms with Gasteiger partial charge in [-0.15, -0.1) is 5.10 Å². The third-order valence-corrected chi connectivity index (χ3v) is 2.79. The van der Waals surface area contributed by atoms with Gasteiger partial charge >= 0.3 is 6.01 Å². The molecule has 1 aromatic rings. The minimum absolute atomic E-state index is 0.122. The van der Waals surface area contributed by atoms with Crippen molar-refractivity contribution >= 4 is 11.9 Å². The molecule has 1 aliphatic rings. The first-order chi connectivity index (χ1) is 9.17. The van der Waals surface area contributed by atoms with Crippen molar-refractivity contribution in [2.24, 2.45) is 0 Å². The highest BCUT2D eigenvalue weighted by atomic mass is 16.5. The van der Waals surface area contributed by atoms with Gasteiger partial charge < -0.3 is 14.5 Å². The van der Waals surface area contributed by atoms with Gasteiger partial charge in [-0.05, 0) is 7.05 Å². The molecule has 2 N–H and O–H groups in total. The van der Waals surface area contributed by atoms with Crippen LogP contribution in [-0.2, 0) is 9.53 Å². The second kappa shape index (κ2) is 6.60. The van der Waals surface area contributed by atoms with E-state index in [4.69, 9.17) is 9.15 Å². The molecule has 0 bridgehead atoms. The zero-order chi connectivity index (χ0) is 13.7. The molecule has 1 amide bonds. The molecular weight excluding hydrogens is 250 g/mol. The van der Waals surface area contributed by atoms with Gasteiger partial charge in [0.25, 0.3) is 0 Å². The second-order valence-corrected chi connectivity index (χ2v) is 4.46. The van der Waals surface area contributed by atoms with E-state index in [1.54, 1.807) is 6.92 Å². The van der Waals surface area contributed by atoms with Crippen LogP contribution in [0.5, 0.6) is 0 Å². The van der Waals surface area contributed by atoms with E-state index in [9.17, 15) is 4.79 Å². The molecule has 1 atom stereocenters. The van der Waals surface area contributed by atoms with Crippen LogP contribution in [0, 0.1) is 6.92 Å². The molecule has 1 aliphatic heterocycles. The highest BCUT2D eigenvalue weighted by molar-refractivity contribution is 5.90. The van der Waals surface area contributed by atoms with Gasteiger partial charge in [-0.2, -0.15) is 0 Å². The summed E-state index contributed by atoms with van der Waals surface area (Å²) in [5.74, 6) is 0.268. The van der Waals surface area contributed by atoms with Crippen LogP contribution in [0.25, 0.3) is 0 Å². The van der Waals surface area contributed by atoms with Crippen molar-refractivity contribution in [3.05, 3.63) is 5.89 Å². The lowest BCUT2D eigenvalue weighted by Gasteiger charge is -2.32.